The fourth-order valence-electron chi connectivity index (χ4n) is 5.73. The standard InChI is InChI=1S/C19H26N2O3/c22-18(21-23)4-3-16-1-2-17(24-16)11-20-12-19-8-13-5-14(9-19)7-15(6-13)10-19/h1-4,13-15,20,23H,5-12H2,(H,21,22). The number of furan rings is 1. The average molecular weight is 330 g/mol. The van der Waals surface area contributed by atoms with Crippen LogP contribution in [0.25, 0.3) is 6.08 Å². The third kappa shape index (κ3) is 3.28. The van der Waals surface area contributed by atoms with E-state index in [-0.39, 0.29) is 0 Å². The van der Waals surface area contributed by atoms with Gasteiger partial charge >= 0.3 is 0 Å². The minimum Gasteiger partial charge on any atom is -0.460 e. The van der Waals surface area contributed by atoms with E-state index in [9.17, 15) is 4.79 Å². The van der Waals surface area contributed by atoms with Gasteiger partial charge in [0.1, 0.15) is 11.5 Å². The van der Waals surface area contributed by atoms with E-state index in [1.807, 2.05) is 12.1 Å². The Hall–Kier alpha value is -1.59. The van der Waals surface area contributed by atoms with E-state index < -0.39 is 5.91 Å². The molecule has 4 aliphatic carbocycles. The van der Waals surface area contributed by atoms with Crippen LogP contribution in [0.5, 0.6) is 0 Å². The molecule has 3 N–H and O–H groups in total. The molecule has 5 nitrogen and oxygen atoms in total. The summed E-state index contributed by atoms with van der Waals surface area (Å²) in [5, 5.41) is 12.1. The summed E-state index contributed by atoms with van der Waals surface area (Å²) in [7, 11) is 0. The molecule has 4 fully saturated rings. The maximum atomic E-state index is 11.0. The lowest BCUT2D eigenvalue weighted by atomic mass is 9.49. The van der Waals surface area contributed by atoms with Gasteiger partial charge in [0.2, 0.25) is 0 Å². The van der Waals surface area contributed by atoms with Crippen LogP contribution >= 0.6 is 0 Å². The van der Waals surface area contributed by atoms with Gasteiger partial charge in [-0.25, -0.2) is 5.48 Å². The summed E-state index contributed by atoms with van der Waals surface area (Å²) in [6.45, 7) is 1.82. The monoisotopic (exact) mass is 330 g/mol. The van der Waals surface area contributed by atoms with Gasteiger partial charge in [-0.15, -0.1) is 0 Å². The Balaban J connectivity index is 1.29. The third-order valence-electron chi connectivity index (χ3n) is 6.16. The summed E-state index contributed by atoms with van der Waals surface area (Å²) in [6.07, 6.45) is 11.5. The number of hydrogen-bond acceptors (Lipinski definition) is 4. The quantitative estimate of drug-likeness (QED) is 0.426. The van der Waals surface area contributed by atoms with Gasteiger partial charge in [-0.1, -0.05) is 0 Å². The van der Waals surface area contributed by atoms with Crippen molar-refractivity contribution in [2.24, 2.45) is 23.2 Å². The molecule has 1 aromatic heterocycles. The first-order chi connectivity index (χ1) is 11.6. The molecule has 4 aliphatic rings. The van der Waals surface area contributed by atoms with E-state index in [4.69, 9.17) is 9.62 Å². The Bertz CT molecular complexity index is 599. The highest BCUT2D eigenvalue weighted by Crippen LogP contribution is 2.59. The molecule has 4 saturated carbocycles. The molecule has 1 amide bonds. The van der Waals surface area contributed by atoms with Crippen LogP contribution in [0.4, 0.5) is 0 Å². The summed E-state index contributed by atoms with van der Waals surface area (Å²) in [5.41, 5.74) is 2.09. The highest BCUT2D eigenvalue weighted by atomic mass is 16.5. The smallest absolute Gasteiger partial charge is 0.267 e. The lowest BCUT2D eigenvalue weighted by Crippen LogP contribution is -2.50. The van der Waals surface area contributed by atoms with Crippen molar-refractivity contribution in [3.05, 3.63) is 29.7 Å². The Morgan fingerprint density at radius 3 is 2.50 bits per heavy atom. The van der Waals surface area contributed by atoms with Gasteiger partial charge in [0.15, 0.2) is 0 Å². The molecule has 24 heavy (non-hydrogen) atoms. The van der Waals surface area contributed by atoms with Crippen molar-refractivity contribution in [3.63, 3.8) is 0 Å². The molecule has 130 valence electrons. The van der Waals surface area contributed by atoms with Gasteiger partial charge in [-0.05, 0) is 79.9 Å². The molecule has 1 heterocycles. The zero-order valence-electron chi connectivity index (χ0n) is 14.0. The molecule has 0 atom stereocenters. The summed E-state index contributed by atoms with van der Waals surface area (Å²) < 4.78 is 5.69. The maximum absolute atomic E-state index is 11.0. The molecule has 0 radical (unpaired) electrons. The van der Waals surface area contributed by atoms with Crippen LogP contribution in [-0.4, -0.2) is 17.7 Å². The van der Waals surface area contributed by atoms with Crippen LogP contribution < -0.4 is 10.8 Å². The lowest BCUT2D eigenvalue weighted by Gasteiger charge is -2.57. The normalized spacial score (nSPS) is 34.1. The van der Waals surface area contributed by atoms with Crippen LogP contribution in [0.1, 0.15) is 50.0 Å². The number of carbonyl (C=O) groups excluding carboxylic acids is 1. The number of hydrogen-bond donors (Lipinski definition) is 3. The molecule has 0 saturated heterocycles. The number of rotatable bonds is 6. The number of amides is 1. The fourth-order valence-corrected chi connectivity index (χ4v) is 5.73. The van der Waals surface area contributed by atoms with E-state index in [1.54, 1.807) is 11.6 Å². The van der Waals surface area contributed by atoms with Gasteiger partial charge in [0, 0.05) is 12.6 Å². The van der Waals surface area contributed by atoms with Crippen LogP contribution in [0.2, 0.25) is 0 Å². The van der Waals surface area contributed by atoms with E-state index in [0.717, 1.165) is 36.6 Å². The maximum Gasteiger partial charge on any atom is 0.267 e. The van der Waals surface area contributed by atoms with E-state index >= 15 is 0 Å². The van der Waals surface area contributed by atoms with E-state index in [1.165, 1.54) is 44.6 Å². The molecule has 0 spiro atoms. The van der Waals surface area contributed by atoms with Crippen molar-refractivity contribution in [1.82, 2.24) is 10.8 Å². The summed E-state index contributed by atoms with van der Waals surface area (Å²) in [5.74, 6) is 3.88. The number of carbonyl (C=O) groups is 1. The SMILES string of the molecule is O=C(C=Cc1ccc(CNCC23CC4CC(CC(C4)C2)C3)o1)NO. The second-order valence-electron chi connectivity index (χ2n) is 8.13. The highest BCUT2D eigenvalue weighted by Gasteiger charge is 2.50. The lowest BCUT2D eigenvalue weighted by molar-refractivity contribution is -0.124. The Labute approximate surface area is 142 Å². The third-order valence-corrected chi connectivity index (χ3v) is 6.16. The highest BCUT2D eigenvalue weighted by molar-refractivity contribution is 5.90. The molecule has 4 bridgehead atoms. The first-order valence-electron chi connectivity index (χ1n) is 9.06. The second kappa shape index (κ2) is 6.37. The van der Waals surface area contributed by atoms with E-state index in [2.05, 4.69) is 5.32 Å². The molecule has 5 heteroatoms. The molecule has 1 aromatic rings. The molecular formula is C19H26N2O3. The van der Waals surface area contributed by atoms with Crippen molar-refractivity contribution < 1.29 is 14.4 Å². The minimum atomic E-state index is -0.562. The Morgan fingerprint density at radius 1 is 1.21 bits per heavy atom. The van der Waals surface area contributed by atoms with Crippen LogP contribution in [0.15, 0.2) is 22.6 Å². The van der Waals surface area contributed by atoms with E-state index in [0.29, 0.717) is 11.2 Å². The second-order valence-corrected chi connectivity index (χ2v) is 8.13. The number of hydroxylamine groups is 1. The molecular weight excluding hydrogens is 304 g/mol. The predicted octanol–water partition coefficient (Wildman–Crippen LogP) is 3.10. The van der Waals surface area contributed by atoms with Crippen molar-refractivity contribution in [1.29, 1.82) is 0 Å². The first-order valence-corrected chi connectivity index (χ1v) is 9.06. The van der Waals surface area contributed by atoms with Gasteiger partial charge in [0.25, 0.3) is 5.91 Å². The molecule has 5 rings (SSSR count). The fraction of sp³-hybridized carbons (Fsp3) is 0.632. The van der Waals surface area contributed by atoms with Crippen molar-refractivity contribution in [2.45, 2.75) is 45.1 Å². The zero-order valence-corrected chi connectivity index (χ0v) is 14.0. The van der Waals surface area contributed by atoms with Gasteiger partial charge in [-0.3, -0.25) is 10.0 Å². The first kappa shape index (κ1) is 15.9. The van der Waals surface area contributed by atoms with Crippen molar-refractivity contribution >= 4 is 12.0 Å². The molecule has 0 aromatic carbocycles. The Morgan fingerprint density at radius 2 is 1.88 bits per heavy atom. The average Bonchev–Trinajstić information content (AvgIpc) is 2.99. The summed E-state index contributed by atoms with van der Waals surface area (Å²) in [6, 6.07) is 3.77. The summed E-state index contributed by atoms with van der Waals surface area (Å²) in [4.78, 5) is 11.0. The minimum absolute atomic E-state index is 0.531. The van der Waals surface area contributed by atoms with Gasteiger partial charge < -0.3 is 9.73 Å². The topological polar surface area (TPSA) is 74.5 Å². The molecule has 0 unspecified atom stereocenters. The van der Waals surface area contributed by atoms with Gasteiger partial charge in [0.05, 0.1) is 6.54 Å². The predicted molar refractivity (Wildman–Crippen MR) is 90.0 cm³/mol. The van der Waals surface area contributed by atoms with Crippen molar-refractivity contribution in [2.75, 3.05) is 6.54 Å². The van der Waals surface area contributed by atoms with Gasteiger partial charge in [-0.2, -0.15) is 0 Å². The van der Waals surface area contributed by atoms with Crippen molar-refractivity contribution in [3.8, 4) is 0 Å². The largest absolute Gasteiger partial charge is 0.460 e. The molecule has 0 aliphatic heterocycles. The Kier molecular flexibility index (Phi) is 4.22. The number of nitrogens with one attached hydrogen (secondary N) is 2. The van der Waals surface area contributed by atoms with Crippen LogP contribution in [0.3, 0.4) is 0 Å². The summed E-state index contributed by atoms with van der Waals surface area (Å²) >= 11 is 0. The zero-order chi connectivity index (χ0) is 16.6. The van der Waals surface area contributed by atoms with Crippen LogP contribution in [-0.2, 0) is 11.3 Å². The van der Waals surface area contributed by atoms with Crippen LogP contribution in [0, 0.1) is 23.2 Å².